The first-order valence-electron chi connectivity index (χ1n) is 6.84. The Kier molecular flexibility index (Phi) is 3.83. The van der Waals surface area contributed by atoms with Crippen LogP contribution in [0.2, 0.25) is 0 Å². The van der Waals surface area contributed by atoms with Gasteiger partial charge in [0, 0.05) is 23.5 Å². The fourth-order valence-electron chi connectivity index (χ4n) is 2.54. The maximum atomic E-state index is 5.98. The minimum absolute atomic E-state index is 0.499. The van der Waals surface area contributed by atoms with E-state index in [4.69, 9.17) is 15.3 Å². The second-order valence-electron chi connectivity index (χ2n) is 5.02. The summed E-state index contributed by atoms with van der Waals surface area (Å²) in [4.78, 5) is 0. The number of fused-ring (bicyclic) bond motifs is 1. The molecule has 2 N–H and O–H groups in total. The van der Waals surface area contributed by atoms with E-state index in [-0.39, 0.29) is 0 Å². The Bertz CT molecular complexity index is 619. The first-order chi connectivity index (χ1) is 9.88. The zero-order valence-electron chi connectivity index (χ0n) is 11.3. The standard InChI is InChI=1S/C16H18N2O2/c17-18-9-13-5-6-16(15-4-2-1-3-14(13)15)20-11-12-7-8-19-10-12/h1-6,9,12H,7-8,10-11,17H2. The number of nitrogens with zero attached hydrogens (tertiary/aromatic N) is 1. The predicted octanol–water partition coefficient (Wildman–Crippen LogP) is 2.55. The van der Waals surface area contributed by atoms with E-state index < -0.39 is 0 Å². The molecule has 1 aliphatic rings. The van der Waals surface area contributed by atoms with E-state index in [1.54, 1.807) is 6.21 Å². The number of hydrogen-bond donors (Lipinski definition) is 1. The Morgan fingerprint density at radius 2 is 2.10 bits per heavy atom. The molecule has 1 unspecified atom stereocenters. The van der Waals surface area contributed by atoms with E-state index in [9.17, 15) is 0 Å². The summed E-state index contributed by atoms with van der Waals surface area (Å²) >= 11 is 0. The van der Waals surface area contributed by atoms with E-state index >= 15 is 0 Å². The molecule has 0 saturated carbocycles. The fourth-order valence-corrected chi connectivity index (χ4v) is 2.54. The molecule has 1 saturated heterocycles. The van der Waals surface area contributed by atoms with Crippen molar-refractivity contribution in [2.24, 2.45) is 16.9 Å². The van der Waals surface area contributed by atoms with Gasteiger partial charge in [-0.05, 0) is 23.9 Å². The molecular formula is C16H18N2O2. The van der Waals surface area contributed by atoms with Crippen LogP contribution in [0, 0.1) is 5.92 Å². The lowest BCUT2D eigenvalue weighted by atomic mass is 10.0. The number of nitrogens with two attached hydrogens (primary N) is 1. The van der Waals surface area contributed by atoms with E-state index in [1.807, 2.05) is 24.3 Å². The third kappa shape index (κ3) is 2.60. The Hall–Kier alpha value is -2.07. The third-order valence-electron chi connectivity index (χ3n) is 3.63. The quantitative estimate of drug-likeness (QED) is 0.527. The number of hydrogen-bond acceptors (Lipinski definition) is 4. The number of hydrazone groups is 1. The topological polar surface area (TPSA) is 56.8 Å². The molecule has 0 bridgehead atoms. The first-order valence-corrected chi connectivity index (χ1v) is 6.84. The van der Waals surface area contributed by atoms with Gasteiger partial charge in [-0.1, -0.05) is 24.3 Å². The van der Waals surface area contributed by atoms with Gasteiger partial charge in [0.25, 0.3) is 0 Å². The highest BCUT2D eigenvalue weighted by molar-refractivity contribution is 6.02. The molecule has 3 rings (SSSR count). The Morgan fingerprint density at radius 1 is 1.25 bits per heavy atom. The molecule has 0 aliphatic carbocycles. The molecule has 20 heavy (non-hydrogen) atoms. The van der Waals surface area contributed by atoms with Gasteiger partial charge in [0.2, 0.25) is 0 Å². The van der Waals surface area contributed by atoms with Gasteiger partial charge in [0.15, 0.2) is 0 Å². The molecule has 1 heterocycles. The summed E-state index contributed by atoms with van der Waals surface area (Å²) in [6.07, 6.45) is 2.74. The van der Waals surface area contributed by atoms with Gasteiger partial charge >= 0.3 is 0 Å². The lowest BCUT2D eigenvalue weighted by Crippen LogP contribution is -2.11. The van der Waals surface area contributed by atoms with Gasteiger partial charge in [-0.3, -0.25) is 0 Å². The molecule has 1 aliphatic heterocycles. The molecule has 0 spiro atoms. The summed E-state index contributed by atoms with van der Waals surface area (Å²) in [7, 11) is 0. The highest BCUT2D eigenvalue weighted by Crippen LogP contribution is 2.28. The summed E-state index contributed by atoms with van der Waals surface area (Å²) in [6, 6.07) is 12.1. The molecule has 2 aromatic rings. The van der Waals surface area contributed by atoms with Crippen LogP contribution in [0.3, 0.4) is 0 Å². The van der Waals surface area contributed by atoms with Crippen molar-refractivity contribution in [3.8, 4) is 5.75 Å². The van der Waals surface area contributed by atoms with E-state index in [2.05, 4.69) is 17.2 Å². The van der Waals surface area contributed by atoms with Gasteiger partial charge in [-0.25, -0.2) is 0 Å². The molecule has 0 amide bonds. The van der Waals surface area contributed by atoms with Crippen LogP contribution in [0.25, 0.3) is 10.8 Å². The minimum atomic E-state index is 0.499. The number of benzene rings is 2. The summed E-state index contributed by atoms with van der Waals surface area (Å²) in [6.45, 7) is 2.35. The highest BCUT2D eigenvalue weighted by Gasteiger charge is 2.16. The van der Waals surface area contributed by atoms with Crippen molar-refractivity contribution in [3.05, 3.63) is 42.0 Å². The smallest absolute Gasteiger partial charge is 0.127 e. The van der Waals surface area contributed by atoms with Crippen molar-refractivity contribution in [3.63, 3.8) is 0 Å². The molecule has 104 valence electrons. The second kappa shape index (κ2) is 5.92. The highest BCUT2D eigenvalue weighted by atomic mass is 16.5. The molecule has 1 fully saturated rings. The maximum Gasteiger partial charge on any atom is 0.127 e. The molecular weight excluding hydrogens is 252 g/mol. The molecule has 1 atom stereocenters. The Morgan fingerprint density at radius 3 is 2.85 bits per heavy atom. The fraction of sp³-hybridized carbons (Fsp3) is 0.312. The molecule has 0 radical (unpaired) electrons. The lowest BCUT2D eigenvalue weighted by Gasteiger charge is -2.13. The minimum Gasteiger partial charge on any atom is -0.493 e. The molecule has 4 nitrogen and oxygen atoms in total. The van der Waals surface area contributed by atoms with Crippen molar-refractivity contribution < 1.29 is 9.47 Å². The average molecular weight is 270 g/mol. The predicted molar refractivity (Wildman–Crippen MR) is 80.2 cm³/mol. The zero-order chi connectivity index (χ0) is 13.8. The summed E-state index contributed by atoms with van der Waals surface area (Å²) in [5, 5.41) is 5.80. The van der Waals surface area contributed by atoms with Crippen molar-refractivity contribution >= 4 is 17.0 Å². The van der Waals surface area contributed by atoms with Crippen LogP contribution in [0.4, 0.5) is 0 Å². The zero-order valence-corrected chi connectivity index (χ0v) is 11.3. The van der Waals surface area contributed by atoms with Crippen LogP contribution in [0.5, 0.6) is 5.75 Å². The maximum absolute atomic E-state index is 5.98. The Balaban J connectivity index is 1.89. The van der Waals surface area contributed by atoms with Crippen molar-refractivity contribution in [2.75, 3.05) is 19.8 Å². The molecule has 2 aromatic carbocycles. The normalized spacial score (nSPS) is 18.9. The largest absolute Gasteiger partial charge is 0.493 e. The van der Waals surface area contributed by atoms with Gasteiger partial charge in [-0.2, -0.15) is 5.10 Å². The average Bonchev–Trinajstić information content (AvgIpc) is 3.00. The summed E-state index contributed by atoms with van der Waals surface area (Å²) < 4.78 is 11.4. The van der Waals surface area contributed by atoms with Crippen molar-refractivity contribution in [1.82, 2.24) is 0 Å². The van der Waals surface area contributed by atoms with Crippen LogP contribution in [0.15, 0.2) is 41.5 Å². The van der Waals surface area contributed by atoms with Crippen LogP contribution in [-0.4, -0.2) is 26.0 Å². The monoisotopic (exact) mass is 270 g/mol. The SMILES string of the molecule is NN=Cc1ccc(OCC2CCOC2)c2ccccc12. The molecule has 0 aromatic heterocycles. The van der Waals surface area contributed by atoms with Crippen LogP contribution in [-0.2, 0) is 4.74 Å². The van der Waals surface area contributed by atoms with Crippen LogP contribution < -0.4 is 10.6 Å². The van der Waals surface area contributed by atoms with Crippen molar-refractivity contribution in [1.29, 1.82) is 0 Å². The third-order valence-corrected chi connectivity index (χ3v) is 3.63. The first kappa shape index (κ1) is 12.9. The summed E-state index contributed by atoms with van der Waals surface area (Å²) in [5.41, 5.74) is 1.000. The van der Waals surface area contributed by atoms with Crippen molar-refractivity contribution in [2.45, 2.75) is 6.42 Å². The van der Waals surface area contributed by atoms with Gasteiger partial charge in [0.05, 0.1) is 19.4 Å². The Labute approximate surface area is 118 Å². The number of rotatable bonds is 4. The van der Waals surface area contributed by atoms with E-state index in [0.717, 1.165) is 41.7 Å². The lowest BCUT2D eigenvalue weighted by molar-refractivity contribution is 0.167. The number of ether oxygens (including phenoxy) is 2. The van der Waals surface area contributed by atoms with E-state index in [1.165, 1.54) is 0 Å². The second-order valence-corrected chi connectivity index (χ2v) is 5.02. The van der Waals surface area contributed by atoms with Crippen LogP contribution in [0.1, 0.15) is 12.0 Å². The van der Waals surface area contributed by atoms with Gasteiger partial charge in [-0.15, -0.1) is 0 Å². The van der Waals surface area contributed by atoms with E-state index in [0.29, 0.717) is 12.5 Å². The van der Waals surface area contributed by atoms with Crippen LogP contribution >= 0.6 is 0 Å². The van der Waals surface area contributed by atoms with Gasteiger partial charge < -0.3 is 15.3 Å². The van der Waals surface area contributed by atoms with Gasteiger partial charge in [0.1, 0.15) is 5.75 Å². The molecule has 4 heteroatoms. The summed E-state index contributed by atoms with van der Waals surface area (Å²) in [5.74, 6) is 6.66.